The first-order valence-corrected chi connectivity index (χ1v) is 5.08. The predicted octanol–water partition coefficient (Wildman–Crippen LogP) is 2.53. The van der Waals surface area contributed by atoms with E-state index in [4.69, 9.17) is 11.2 Å². The van der Waals surface area contributed by atoms with E-state index in [-0.39, 0.29) is 6.10 Å². The third-order valence-corrected chi connectivity index (χ3v) is 2.27. The zero-order valence-electron chi connectivity index (χ0n) is 9.10. The number of ether oxygens (including phenoxy) is 1. The summed E-state index contributed by atoms with van der Waals surface area (Å²) in [6, 6.07) is 7.20. The van der Waals surface area contributed by atoms with E-state index in [1.165, 1.54) is 0 Å². The maximum Gasteiger partial charge on any atom is 0.139 e. The standard InChI is InChI=1S/C13H16O2/c1-4-10(3)15-12-8-6-11(7-9-12)13(14)5-2/h2,6-10,13-14H,4H2,1,3H3. The molecule has 2 atom stereocenters. The summed E-state index contributed by atoms with van der Waals surface area (Å²) < 4.78 is 5.60. The third kappa shape index (κ3) is 3.30. The average molecular weight is 204 g/mol. The van der Waals surface area contributed by atoms with E-state index in [1.807, 2.05) is 19.1 Å². The first-order chi connectivity index (χ1) is 7.17. The van der Waals surface area contributed by atoms with E-state index >= 15 is 0 Å². The van der Waals surface area contributed by atoms with Gasteiger partial charge in [-0.3, -0.25) is 0 Å². The molecule has 0 spiro atoms. The number of benzene rings is 1. The molecule has 2 nitrogen and oxygen atoms in total. The lowest BCUT2D eigenvalue weighted by Crippen LogP contribution is -2.09. The lowest BCUT2D eigenvalue weighted by atomic mass is 10.1. The highest BCUT2D eigenvalue weighted by Gasteiger charge is 2.04. The van der Waals surface area contributed by atoms with Gasteiger partial charge in [0, 0.05) is 0 Å². The van der Waals surface area contributed by atoms with Gasteiger partial charge < -0.3 is 9.84 Å². The van der Waals surface area contributed by atoms with Crippen LogP contribution in [-0.2, 0) is 0 Å². The summed E-state index contributed by atoms with van der Waals surface area (Å²) in [5.74, 6) is 3.07. The summed E-state index contributed by atoms with van der Waals surface area (Å²) in [4.78, 5) is 0. The minimum Gasteiger partial charge on any atom is -0.491 e. The van der Waals surface area contributed by atoms with E-state index in [0.29, 0.717) is 5.56 Å². The number of hydrogen-bond acceptors (Lipinski definition) is 2. The van der Waals surface area contributed by atoms with Gasteiger partial charge in [-0.1, -0.05) is 25.0 Å². The Kier molecular flexibility index (Phi) is 4.20. The van der Waals surface area contributed by atoms with Crippen LogP contribution in [0.1, 0.15) is 31.9 Å². The van der Waals surface area contributed by atoms with Crippen LogP contribution in [0.2, 0.25) is 0 Å². The molecule has 2 heteroatoms. The molecule has 15 heavy (non-hydrogen) atoms. The molecule has 0 fully saturated rings. The molecule has 0 aliphatic carbocycles. The van der Waals surface area contributed by atoms with Gasteiger partial charge in [0.15, 0.2) is 0 Å². The lowest BCUT2D eigenvalue weighted by Gasteiger charge is -2.13. The number of rotatable bonds is 4. The lowest BCUT2D eigenvalue weighted by molar-refractivity contribution is 0.216. The second kappa shape index (κ2) is 5.43. The molecule has 0 bridgehead atoms. The van der Waals surface area contributed by atoms with Gasteiger partial charge in [0.1, 0.15) is 11.9 Å². The van der Waals surface area contributed by atoms with Crippen LogP contribution in [0, 0.1) is 12.3 Å². The molecule has 1 aromatic carbocycles. The average Bonchev–Trinajstić information content (AvgIpc) is 2.29. The van der Waals surface area contributed by atoms with Gasteiger partial charge in [0.2, 0.25) is 0 Å². The molecule has 0 aromatic heterocycles. The SMILES string of the molecule is C#CC(O)c1ccc(OC(C)CC)cc1. The van der Waals surface area contributed by atoms with Crippen LogP contribution in [0.3, 0.4) is 0 Å². The van der Waals surface area contributed by atoms with Crippen LogP contribution in [0.4, 0.5) is 0 Å². The molecular formula is C13H16O2. The topological polar surface area (TPSA) is 29.5 Å². The van der Waals surface area contributed by atoms with Gasteiger partial charge in [-0.05, 0) is 31.0 Å². The molecule has 2 unspecified atom stereocenters. The highest BCUT2D eigenvalue weighted by Crippen LogP contribution is 2.18. The summed E-state index contributed by atoms with van der Waals surface area (Å²) in [7, 11) is 0. The first kappa shape index (κ1) is 11.6. The Morgan fingerprint density at radius 3 is 2.47 bits per heavy atom. The normalized spacial score (nSPS) is 14.0. The van der Waals surface area contributed by atoms with Crippen molar-refractivity contribution in [3.63, 3.8) is 0 Å². The molecule has 1 rings (SSSR count). The molecule has 0 heterocycles. The van der Waals surface area contributed by atoms with E-state index in [0.717, 1.165) is 12.2 Å². The molecule has 0 saturated carbocycles. The molecule has 0 aliphatic rings. The van der Waals surface area contributed by atoms with Crippen molar-refractivity contribution in [2.24, 2.45) is 0 Å². The van der Waals surface area contributed by atoms with Gasteiger partial charge in [0.25, 0.3) is 0 Å². The van der Waals surface area contributed by atoms with Crippen molar-refractivity contribution in [1.29, 1.82) is 0 Å². The van der Waals surface area contributed by atoms with Crippen molar-refractivity contribution in [3.8, 4) is 18.1 Å². The fraction of sp³-hybridized carbons (Fsp3) is 0.385. The smallest absolute Gasteiger partial charge is 0.139 e. The Hall–Kier alpha value is -1.46. The minimum atomic E-state index is -0.831. The number of aliphatic hydroxyl groups excluding tert-OH is 1. The maximum atomic E-state index is 9.37. The molecule has 0 amide bonds. The summed E-state index contributed by atoms with van der Waals surface area (Å²) in [5, 5.41) is 9.37. The Bertz CT molecular complexity index is 335. The Morgan fingerprint density at radius 1 is 1.40 bits per heavy atom. The second-order valence-corrected chi connectivity index (χ2v) is 3.47. The Balaban J connectivity index is 2.69. The van der Waals surface area contributed by atoms with Crippen molar-refractivity contribution < 1.29 is 9.84 Å². The zero-order valence-corrected chi connectivity index (χ0v) is 9.10. The fourth-order valence-corrected chi connectivity index (χ4v) is 1.14. The molecule has 0 saturated heterocycles. The van der Waals surface area contributed by atoms with E-state index in [9.17, 15) is 5.11 Å². The minimum absolute atomic E-state index is 0.202. The van der Waals surface area contributed by atoms with Crippen molar-refractivity contribution in [2.75, 3.05) is 0 Å². The molecular weight excluding hydrogens is 188 g/mol. The van der Waals surface area contributed by atoms with Gasteiger partial charge >= 0.3 is 0 Å². The highest BCUT2D eigenvalue weighted by molar-refractivity contribution is 5.31. The quantitative estimate of drug-likeness (QED) is 0.764. The largest absolute Gasteiger partial charge is 0.491 e. The van der Waals surface area contributed by atoms with Crippen LogP contribution < -0.4 is 4.74 Å². The van der Waals surface area contributed by atoms with Crippen LogP contribution >= 0.6 is 0 Å². The molecule has 1 N–H and O–H groups in total. The molecule has 80 valence electrons. The molecule has 0 aliphatic heterocycles. The Morgan fingerprint density at radius 2 is 2.00 bits per heavy atom. The molecule has 0 radical (unpaired) electrons. The van der Waals surface area contributed by atoms with Crippen molar-refractivity contribution in [2.45, 2.75) is 32.5 Å². The van der Waals surface area contributed by atoms with Gasteiger partial charge in [-0.2, -0.15) is 0 Å². The van der Waals surface area contributed by atoms with Crippen LogP contribution in [0.15, 0.2) is 24.3 Å². The maximum absolute atomic E-state index is 9.37. The zero-order chi connectivity index (χ0) is 11.3. The van der Waals surface area contributed by atoms with Gasteiger partial charge in [-0.25, -0.2) is 0 Å². The summed E-state index contributed by atoms with van der Waals surface area (Å²) in [6.07, 6.45) is 5.45. The second-order valence-electron chi connectivity index (χ2n) is 3.47. The number of aliphatic hydroxyl groups is 1. The monoisotopic (exact) mass is 204 g/mol. The van der Waals surface area contributed by atoms with Crippen molar-refractivity contribution in [3.05, 3.63) is 29.8 Å². The van der Waals surface area contributed by atoms with E-state index < -0.39 is 6.10 Å². The first-order valence-electron chi connectivity index (χ1n) is 5.08. The third-order valence-electron chi connectivity index (χ3n) is 2.27. The predicted molar refractivity (Wildman–Crippen MR) is 60.6 cm³/mol. The van der Waals surface area contributed by atoms with Crippen LogP contribution in [0.25, 0.3) is 0 Å². The van der Waals surface area contributed by atoms with E-state index in [2.05, 4.69) is 12.8 Å². The number of hydrogen-bond donors (Lipinski definition) is 1. The van der Waals surface area contributed by atoms with Gasteiger partial charge in [0.05, 0.1) is 6.10 Å². The summed E-state index contributed by atoms with van der Waals surface area (Å²) >= 11 is 0. The van der Waals surface area contributed by atoms with Crippen molar-refractivity contribution in [1.82, 2.24) is 0 Å². The van der Waals surface area contributed by atoms with Crippen LogP contribution in [-0.4, -0.2) is 11.2 Å². The van der Waals surface area contributed by atoms with E-state index in [1.54, 1.807) is 12.1 Å². The molecule has 1 aromatic rings. The Labute approximate surface area is 90.9 Å². The highest BCUT2D eigenvalue weighted by atomic mass is 16.5. The number of terminal acetylenes is 1. The fourth-order valence-electron chi connectivity index (χ4n) is 1.14. The van der Waals surface area contributed by atoms with Crippen LogP contribution in [0.5, 0.6) is 5.75 Å². The van der Waals surface area contributed by atoms with Crippen molar-refractivity contribution >= 4 is 0 Å². The van der Waals surface area contributed by atoms with Gasteiger partial charge in [-0.15, -0.1) is 6.42 Å². The summed E-state index contributed by atoms with van der Waals surface area (Å²) in [6.45, 7) is 4.09. The summed E-state index contributed by atoms with van der Waals surface area (Å²) in [5.41, 5.74) is 0.717.